The zero-order chi connectivity index (χ0) is 20.2. The van der Waals surface area contributed by atoms with Crippen molar-refractivity contribution in [3.63, 3.8) is 0 Å². The van der Waals surface area contributed by atoms with Crippen molar-refractivity contribution in [2.24, 2.45) is 0 Å². The molecule has 0 saturated heterocycles. The van der Waals surface area contributed by atoms with E-state index in [1.165, 1.54) is 28.5 Å². The molecule has 8 heteroatoms. The Morgan fingerprint density at radius 1 is 1.03 bits per heavy atom. The minimum atomic E-state index is -2.91. The van der Waals surface area contributed by atoms with E-state index < -0.39 is 6.61 Å². The first-order valence-corrected chi connectivity index (χ1v) is 9.69. The second-order valence-electron chi connectivity index (χ2n) is 6.07. The maximum Gasteiger partial charge on any atom is 0.387 e. The third kappa shape index (κ3) is 4.27. The first-order chi connectivity index (χ1) is 14.1. The zero-order valence-electron chi connectivity index (χ0n) is 15.0. The fraction of sp³-hybridized carbons (Fsp3) is 0.0952. The lowest BCUT2D eigenvalue weighted by Gasteiger charge is -2.14. The van der Waals surface area contributed by atoms with Gasteiger partial charge in [-0.15, -0.1) is 0 Å². The molecule has 0 fully saturated rings. The lowest BCUT2D eigenvalue weighted by Crippen LogP contribution is -2.21. The molecule has 4 rings (SSSR count). The van der Waals surface area contributed by atoms with Gasteiger partial charge in [0.1, 0.15) is 5.75 Å². The number of fused-ring (bicyclic) bond motifs is 1. The Bertz CT molecular complexity index is 1180. The highest BCUT2D eigenvalue weighted by molar-refractivity contribution is 7.98. The summed E-state index contributed by atoms with van der Waals surface area (Å²) in [4.78, 5) is 21.9. The Kier molecular flexibility index (Phi) is 5.53. The van der Waals surface area contributed by atoms with Crippen LogP contribution < -0.4 is 10.3 Å². The zero-order valence-corrected chi connectivity index (χ0v) is 15.9. The highest BCUT2D eigenvalue weighted by Gasteiger charge is 2.14. The number of thioether (sulfide) groups is 1. The number of benzene rings is 2. The topological polar surface area (TPSA) is 57.0 Å². The van der Waals surface area contributed by atoms with Crippen LogP contribution in [0, 0.1) is 0 Å². The minimum absolute atomic E-state index is 0.0233. The molecule has 0 N–H and O–H groups in total. The number of hydrogen-bond acceptors (Lipinski definition) is 5. The van der Waals surface area contributed by atoms with E-state index in [0.29, 0.717) is 27.5 Å². The lowest BCUT2D eigenvalue weighted by molar-refractivity contribution is -0.0498. The average molecular weight is 411 g/mol. The standard InChI is InChI=1S/C21H15F2N3O2S/c22-20(23)28-16-9-7-15(8-10-16)26-19(27)17-5-1-2-6-18(17)25-21(26)29-13-14-4-3-11-24-12-14/h1-12,20H,13H2. The third-order valence-corrected chi connectivity index (χ3v) is 5.17. The van der Waals surface area contributed by atoms with Crippen LogP contribution in [0.4, 0.5) is 8.78 Å². The first kappa shape index (κ1) is 19.1. The molecule has 146 valence electrons. The molecule has 0 unspecified atom stereocenters. The van der Waals surface area contributed by atoms with Gasteiger partial charge >= 0.3 is 6.61 Å². The molecule has 2 aromatic heterocycles. The number of para-hydroxylation sites is 1. The predicted molar refractivity (Wildman–Crippen MR) is 108 cm³/mol. The summed E-state index contributed by atoms with van der Waals surface area (Å²) in [7, 11) is 0. The van der Waals surface area contributed by atoms with Crippen molar-refractivity contribution in [2.75, 3.05) is 0 Å². The van der Waals surface area contributed by atoms with Crippen molar-refractivity contribution in [1.82, 2.24) is 14.5 Å². The highest BCUT2D eigenvalue weighted by Crippen LogP contribution is 2.25. The molecule has 0 bridgehead atoms. The van der Waals surface area contributed by atoms with Crippen molar-refractivity contribution in [3.05, 3.63) is 89.0 Å². The highest BCUT2D eigenvalue weighted by atomic mass is 32.2. The SMILES string of the molecule is O=c1c2ccccc2nc(SCc2cccnc2)n1-c1ccc(OC(F)F)cc1. The number of hydrogen-bond donors (Lipinski definition) is 0. The molecule has 2 heterocycles. The van der Waals surface area contributed by atoms with Gasteiger partial charge < -0.3 is 4.74 Å². The van der Waals surface area contributed by atoms with Crippen LogP contribution >= 0.6 is 11.8 Å². The molecule has 0 saturated carbocycles. The maximum atomic E-state index is 13.2. The second-order valence-corrected chi connectivity index (χ2v) is 7.02. The molecule has 0 radical (unpaired) electrons. The van der Waals surface area contributed by atoms with E-state index in [1.807, 2.05) is 18.2 Å². The molecule has 0 aliphatic rings. The van der Waals surface area contributed by atoms with Gasteiger partial charge in [0.05, 0.1) is 16.6 Å². The quantitative estimate of drug-likeness (QED) is 0.341. The Morgan fingerprint density at radius 2 is 1.83 bits per heavy atom. The van der Waals surface area contributed by atoms with Crippen molar-refractivity contribution in [1.29, 1.82) is 0 Å². The number of alkyl halides is 2. The fourth-order valence-corrected chi connectivity index (χ4v) is 3.79. The van der Waals surface area contributed by atoms with Gasteiger partial charge in [0, 0.05) is 18.1 Å². The molecule has 4 aromatic rings. The van der Waals surface area contributed by atoms with Crippen LogP contribution in [-0.4, -0.2) is 21.1 Å². The summed E-state index contributed by atoms with van der Waals surface area (Å²) in [5, 5.41) is 0.978. The molecule has 0 spiro atoms. The summed E-state index contributed by atoms with van der Waals surface area (Å²) < 4.78 is 30.7. The van der Waals surface area contributed by atoms with E-state index >= 15 is 0 Å². The Balaban J connectivity index is 1.78. The Labute approximate surface area is 169 Å². The lowest BCUT2D eigenvalue weighted by atomic mass is 10.2. The maximum absolute atomic E-state index is 13.2. The molecular weight excluding hydrogens is 396 g/mol. The van der Waals surface area contributed by atoms with Gasteiger partial charge in [-0.25, -0.2) is 4.98 Å². The van der Waals surface area contributed by atoms with Gasteiger partial charge in [0.25, 0.3) is 5.56 Å². The predicted octanol–water partition coefficient (Wildman–Crippen LogP) is 4.67. The van der Waals surface area contributed by atoms with E-state index in [1.54, 1.807) is 42.7 Å². The van der Waals surface area contributed by atoms with Crippen LogP contribution in [-0.2, 0) is 5.75 Å². The van der Waals surface area contributed by atoms with Crippen LogP contribution in [0.5, 0.6) is 5.75 Å². The van der Waals surface area contributed by atoms with E-state index in [0.717, 1.165) is 5.56 Å². The first-order valence-electron chi connectivity index (χ1n) is 8.70. The normalized spacial score (nSPS) is 11.1. The largest absolute Gasteiger partial charge is 0.435 e. The van der Waals surface area contributed by atoms with Crippen LogP contribution in [0.25, 0.3) is 16.6 Å². The molecular formula is C21H15F2N3O2S. The van der Waals surface area contributed by atoms with Gasteiger partial charge in [-0.3, -0.25) is 14.3 Å². The van der Waals surface area contributed by atoms with Crippen molar-refractivity contribution < 1.29 is 13.5 Å². The molecule has 2 aromatic carbocycles. The van der Waals surface area contributed by atoms with E-state index in [2.05, 4.69) is 14.7 Å². The molecule has 0 aliphatic heterocycles. The summed E-state index contributed by atoms with van der Waals surface area (Å²) in [5.74, 6) is 0.598. The van der Waals surface area contributed by atoms with Gasteiger partial charge in [-0.05, 0) is 48.0 Å². The molecule has 0 aliphatic carbocycles. The summed E-state index contributed by atoms with van der Waals surface area (Å²) >= 11 is 1.40. The van der Waals surface area contributed by atoms with Crippen molar-refractivity contribution >= 4 is 22.7 Å². The monoisotopic (exact) mass is 411 g/mol. The molecule has 0 amide bonds. The summed E-state index contributed by atoms with van der Waals surface area (Å²) in [6.45, 7) is -2.91. The summed E-state index contributed by atoms with van der Waals surface area (Å²) in [6, 6.07) is 16.8. The van der Waals surface area contributed by atoms with Gasteiger partial charge in [-0.1, -0.05) is 30.0 Å². The number of halogens is 2. The number of ether oxygens (including phenoxy) is 1. The number of nitrogens with zero attached hydrogens (tertiary/aromatic N) is 3. The van der Waals surface area contributed by atoms with E-state index in [9.17, 15) is 13.6 Å². The summed E-state index contributed by atoms with van der Waals surface area (Å²) in [5.41, 5.74) is 1.88. The molecule has 0 atom stereocenters. The van der Waals surface area contributed by atoms with Crippen molar-refractivity contribution in [3.8, 4) is 11.4 Å². The summed E-state index contributed by atoms with van der Waals surface area (Å²) in [6.07, 6.45) is 3.45. The second kappa shape index (κ2) is 8.40. The third-order valence-electron chi connectivity index (χ3n) is 4.16. The van der Waals surface area contributed by atoms with Crippen LogP contribution in [0.15, 0.2) is 83.0 Å². The van der Waals surface area contributed by atoms with Crippen molar-refractivity contribution in [2.45, 2.75) is 17.5 Å². The van der Waals surface area contributed by atoms with E-state index in [-0.39, 0.29) is 11.3 Å². The van der Waals surface area contributed by atoms with Gasteiger partial charge in [-0.2, -0.15) is 8.78 Å². The molecule has 5 nitrogen and oxygen atoms in total. The minimum Gasteiger partial charge on any atom is -0.435 e. The number of aromatic nitrogens is 3. The van der Waals surface area contributed by atoms with Gasteiger partial charge in [0.2, 0.25) is 0 Å². The van der Waals surface area contributed by atoms with E-state index in [4.69, 9.17) is 0 Å². The smallest absolute Gasteiger partial charge is 0.387 e. The fourth-order valence-electron chi connectivity index (χ4n) is 2.84. The Morgan fingerprint density at radius 3 is 2.55 bits per heavy atom. The van der Waals surface area contributed by atoms with Gasteiger partial charge in [0.15, 0.2) is 5.16 Å². The number of pyridine rings is 1. The van der Waals surface area contributed by atoms with Crippen LogP contribution in [0.1, 0.15) is 5.56 Å². The average Bonchev–Trinajstić information content (AvgIpc) is 2.74. The Hall–Kier alpha value is -3.26. The van der Waals surface area contributed by atoms with Crippen LogP contribution in [0.2, 0.25) is 0 Å². The van der Waals surface area contributed by atoms with Crippen LogP contribution in [0.3, 0.4) is 0 Å². The number of rotatable bonds is 6. The molecule has 29 heavy (non-hydrogen) atoms.